The largest absolute Gasteiger partial charge is 0.398 e. The summed E-state index contributed by atoms with van der Waals surface area (Å²) >= 11 is 3.32. The quantitative estimate of drug-likeness (QED) is 0.838. The molecule has 0 aromatic heterocycles. The Bertz CT molecular complexity index is 414. The molecular formula is C13H19BrN2O. The molecule has 0 spiro atoms. The average Bonchev–Trinajstić information content (AvgIpc) is 2.28. The first-order chi connectivity index (χ1) is 7.91. The smallest absolute Gasteiger partial charge is 0.253 e. The van der Waals surface area contributed by atoms with Crippen LogP contribution < -0.4 is 11.1 Å². The Labute approximate surface area is 111 Å². The van der Waals surface area contributed by atoms with Crippen molar-refractivity contribution in [2.24, 2.45) is 0 Å². The molecule has 0 bridgehead atoms. The highest BCUT2D eigenvalue weighted by Gasteiger charge is 2.23. The lowest BCUT2D eigenvalue weighted by molar-refractivity contribution is 0.0902. The van der Waals surface area contributed by atoms with E-state index in [1.54, 1.807) is 12.1 Å². The van der Waals surface area contributed by atoms with Crippen LogP contribution in [0.5, 0.6) is 0 Å². The Morgan fingerprint density at radius 2 is 2.00 bits per heavy atom. The summed E-state index contributed by atoms with van der Waals surface area (Å²) in [7, 11) is 0. The molecule has 0 aliphatic carbocycles. The summed E-state index contributed by atoms with van der Waals surface area (Å²) in [6, 6.07) is 5.30. The number of carbonyl (C=O) groups is 1. The predicted molar refractivity (Wildman–Crippen MR) is 75.0 cm³/mol. The number of halogens is 1. The van der Waals surface area contributed by atoms with Crippen molar-refractivity contribution in [3.8, 4) is 0 Å². The van der Waals surface area contributed by atoms with E-state index in [1.807, 2.05) is 13.0 Å². The predicted octanol–water partition coefficient (Wildman–Crippen LogP) is 3.34. The number of nitrogens with two attached hydrogens (primary N) is 1. The molecule has 17 heavy (non-hydrogen) atoms. The van der Waals surface area contributed by atoms with Crippen LogP contribution in [0.3, 0.4) is 0 Å². The van der Waals surface area contributed by atoms with Crippen molar-refractivity contribution in [1.82, 2.24) is 5.32 Å². The van der Waals surface area contributed by atoms with Gasteiger partial charge in [0.2, 0.25) is 0 Å². The number of rotatable bonds is 4. The Balaban J connectivity index is 2.90. The Kier molecular flexibility index (Phi) is 4.57. The third-order valence-electron chi connectivity index (χ3n) is 3.23. The molecule has 1 rings (SSSR count). The molecule has 1 aromatic rings. The highest BCUT2D eigenvalue weighted by Crippen LogP contribution is 2.20. The van der Waals surface area contributed by atoms with Gasteiger partial charge in [-0.3, -0.25) is 4.79 Å². The summed E-state index contributed by atoms with van der Waals surface area (Å²) in [6.07, 6.45) is 1.79. The van der Waals surface area contributed by atoms with Crippen molar-refractivity contribution in [1.29, 1.82) is 0 Å². The molecule has 0 heterocycles. The van der Waals surface area contributed by atoms with Gasteiger partial charge in [-0.2, -0.15) is 0 Å². The van der Waals surface area contributed by atoms with Gasteiger partial charge in [-0.25, -0.2) is 0 Å². The van der Waals surface area contributed by atoms with Crippen molar-refractivity contribution in [3.63, 3.8) is 0 Å². The van der Waals surface area contributed by atoms with Crippen LogP contribution in [-0.4, -0.2) is 11.4 Å². The minimum absolute atomic E-state index is 0.110. The maximum atomic E-state index is 12.1. The zero-order valence-electron chi connectivity index (χ0n) is 10.5. The molecule has 1 aromatic carbocycles. The van der Waals surface area contributed by atoms with E-state index in [4.69, 9.17) is 5.73 Å². The van der Waals surface area contributed by atoms with Gasteiger partial charge in [0.05, 0.1) is 5.56 Å². The monoisotopic (exact) mass is 298 g/mol. The van der Waals surface area contributed by atoms with Gasteiger partial charge in [0.1, 0.15) is 0 Å². The molecular weight excluding hydrogens is 280 g/mol. The minimum Gasteiger partial charge on any atom is -0.398 e. The molecule has 94 valence electrons. The number of carbonyl (C=O) groups excluding carboxylic acids is 1. The van der Waals surface area contributed by atoms with Crippen LogP contribution in [0.1, 0.15) is 44.0 Å². The van der Waals surface area contributed by atoms with Gasteiger partial charge in [0.25, 0.3) is 5.91 Å². The zero-order valence-corrected chi connectivity index (χ0v) is 12.1. The van der Waals surface area contributed by atoms with E-state index in [0.717, 1.165) is 17.3 Å². The summed E-state index contributed by atoms with van der Waals surface area (Å²) < 4.78 is 0.875. The zero-order chi connectivity index (χ0) is 13.1. The molecule has 0 radical (unpaired) electrons. The van der Waals surface area contributed by atoms with Gasteiger partial charge in [0, 0.05) is 15.7 Å². The third kappa shape index (κ3) is 3.46. The fourth-order valence-corrected chi connectivity index (χ4v) is 1.89. The first-order valence-corrected chi connectivity index (χ1v) is 6.58. The molecule has 0 aliphatic rings. The van der Waals surface area contributed by atoms with Gasteiger partial charge in [-0.15, -0.1) is 0 Å². The highest BCUT2D eigenvalue weighted by molar-refractivity contribution is 9.10. The maximum absolute atomic E-state index is 12.1. The standard InChI is InChI=1S/C13H19BrN2O/c1-4-13(3,5-2)16-12(17)10-7-6-9(14)8-11(10)15/h6-8H,4-5,15H2,1-3H3,(H,16,17). The average molecular weight is 299 g/mol. The molecule has 0 fully saturated rings. The summed E-state index contributed by atoms with van der Waals surface area (Å²) in [6.45, 7) is 6.17. The second-order valence-corrected chi connectivity index (χ2v) is 5.37. The van der Waals surface area contributed by atoms with Gasteiger partial charge in [0.15, 0.2) is 0 Å². The second-order valence-electron chi connectivity index (χ2n) is 4.45. The summed E-state index contributed by atoms with van der Waals surface area (Å²) in [4.78, 5) is 12.1. The first-order valence-electron chi connectivity index (χ1n) is 5.79. The van der Waals surface area contributed by atoms with Crippen molar-refractivity contribution >= 4 is 27.5 Å². The molecule has 3 N–H and O–H groups in total. The maximum Gasteiger partial charge on any atom is 0.253 e. The highest BCUT2D eigenvalue weighted by atomic mass is 79.9. The number of benzene rings is 1. The SMILES string of the molecule is CCC(C)(CC)NC(=O)c1ccc(Br)cc1N. The number of hydrogen-bond acceptors (Lipinski definition) is 2. The van der Waals surface area contributed by atoms with Gasteiger partial charge in [-0.05, 0) is 38.0 Å². The molecule has 0 aliphatic heterocycles. The summed E-state index contributed by atoms with van der Waals surface area (Å²) in [5.74, 6) is -0.110. The molecule has 0 saturated carbocycles. The van der Waals surface area contributed by atoms with E-state index in [9.17, 15) is 4.79 Å². The molecule has 0 saturated heterocycles. The number of amides is 1. The lowest BCUT2D eigenvalue weighted by atomic mass is 9.95. The van der Waals surface area contributed by atoms with Crippen molar-refractivity contribution in [2.45, 2.75) is 39.2 Å². The first kappa shape index (κ1) is 14.0. The van der Waals surface area contributed by atoms with E-state index in [1.165, 1.54) is 0 Å². The van der Waals surface area contributed by atoms with Crippen molar-refractivity contribution in [2.75, 3.05) is 5.73 Å². The molecule has 0 atom stereocenters. The lowest BCUT2D eigenvalue weighted by Crippen LogP contribution is -2.45. The van der Waals surface area contributed by atoms with Crippen molar-refractivity contribution in [3.05, 3.63) is 28.2 Å². The summed E-state index contributed by atoms with van der Waals surface area (Å²) in [5, 5.41) is 3.04. The van der Waals surface area contributed by atoms with Crippen LogP contribution in [0.25, 0.3) is 0 Å². The number of nitrogens with one attached hydrogen (secondary N) is 1. The Morgan fingerprint density at radius 3 is 2.47 bits per heavy atom. The van der Waals surface area contributed by atoms with Gasteiger partial charge >= 0.3 is 0 Å². The van der Waals surface area contributed by atoms with Crippen LogP contribution >= 0.6 is 15.9 Å². The number of hydrogen-bond donors (Lipinski definition) is 2. The third-order valence-corrected chi connectivity index (χ3v) is 3.73. The lowest BCUT2D eigenvalue weighted by Gasteiger charge is -2.28. The number of nitrogen functional groups attached to an aromatic ring is 1. The normalized spacial score (nSPS) is 11.3. The fourth-order valence-electron chi connectivity index (χ4n) is 1.51. The molecule has 0 unspecified atom stereocenters. The van der Waals surface area contributed by atoms with E-state index in [-0.39, 0.29) is 11.4 Å². The molecule has 3 nitrogen and oxygen atoms in total. The Hall–Kier alpha value is -1.03. The van der Waals surface area contributed by atoms with E-state index < -0.39 is 0 Å². The van der Waals surface area contributed by atoms with Crippen LogP contribution in [-0.2, 0) is 0 Å². The van der Waals surface area contributed by atoms with Crippen LogP contribution in [0.4, 0.5) is 5.69 Å². The van der Waals surface area contributed by atoms with Crippen LogP contribution in [0.15, 0.2) is 22.7 Å². The van der Waals surface area contributed by atoms with Gasteiger partial charge in [-0.1, -0.05) is 29.8 Å². The van der Waals surface area contributed by atoms with Crippen LogP contribution in [0.2, 0.25) is 0 Å². The van der Waals surface area contributed by atoms with E-state index in [0.29, 0.717) is 11.3 Å². The van der Waals surface area contributed by atoms with E-state index >= 15 is 0 Å². The minimum atomic E-state index is -0.170. The van der Waals surface area contributed by atoms with Crippen LogP contribution in [0, 0.1) is 0 Å². The fraction of sp³-hybridized carbons (Fsp3) is 0.462. The van der Waals surface area contributed by atoms with Crippen molar-refractivity contribution < 1.29 is 4.79 Å². The van der Waals surface area contributed by atoms with E-state index in [2.05, 4.69) is 35.1 Å². The second kappa shape index (κ2) is 5.54. The molecule has 4 heteroatoms. The van der Waals surface area contributed by atoms with Gasteiger partial charge < -0.3 is 11.1 Å². The topological polar surface area (TPSA) is 55.1 Å². The summed E-state index contributed by atoms with van der Waals surface area (Å²) in [5.41, 5.74) is 6.68. The Morgan fingerprint density at radius 1 is 1.41 bits per heavy atom. The number of anilines is 1. The molecule has 1 amide bonds.